The fourth-order valence-corrected chi connectivity index (χ4v) is 3.23. The molecule has 0 aromatic rings. The second-order valence-electron chi connectivity index (χ2n) is 5.52. The molecule has 2 unspecified atom stereocenters. The first kappa shape index (κ1) is 20.8. The largest absolute Gasteiger partial charge is 0.465 e. The molecule has 0 fully saturated rings. The lowest BCUT2D eigenvalue weighted by Gasteiger charge is -2.15. The smallest absolute Gasteiger partial charge is 0.319 e. The molecule has 0 aromatic carbocycles. The minimum absolute atomic E-state index is 0.0320. The normalized spacial score (nSPS) is 13.9. The number of alkyl halides is 1. The number of hydrogen-bond acceptors (Lipinski definition) is 3. The van der Waals surface area contributed by atoms with Crippen LogP contribution in [0, 0.1) is 0 Å². The summed E-state index contributed by atoms with van der Waals surface area (Å²) < 4.78 is 18.4. The van der Waals surface area contributed by atoms with Gasteiger partial charge in [0.1, 0.15) is 5.25 Å². The Bertz CT molecular complexity index is 249. The van der Waals surface area contributed by atoms with Crippen molar-refractivity contribution in [1.82, 2.24) is 0 Å². The topological polar surface area (TPSA) is 26.3 Å². The van der Waals surface area contributed by atoms with Crippen molar-refractivity contribution in [3.05, 3.63) is 0 Å². The Hall–Kier alpha value is -0.250. The quantitative estimate of drug-likeness (QED) is 0.310. The monoisotopic (exact) mass is 320 g/mol. The first-order valence-corrected chi connectivity index (χ1v) is 9.62. The number of halogens is 1. The van der Waals surface area contributed by atoms with Crippen molar-refractivity contribution in [2.75, 3.05) is 12.4 Å². The molecule has 21 heavy (non-hydrogen) atoms. The molecule has 126 valence electrons. The summed E-state index contributed by atoms with van der Waals surface area (Å²) in [6.45, 7) is 6.57. The van der Waals surface area contributed by atoms with Crippen LogP contribution in [-0.2, 0) is 9.53 Å². The van der Waals surface area contributed by atoms with Crippen LogP contribution in [0.1, 0.15) is 78.6 Å². The van der Waals surface area contributed by atoms with E-state index in [9.17, 15) is 9.18 Å². The molecular weight excluding hydrogens is 287 g/mol. The van der Waals surface area contributed by atoms with Crippen LogP contribution in [0.2, 0.25) is 0 Å². The molecule has 0 spiro atoms. The highest BCUT2D eigenvalue weighted by atomic mass is 32.2. The zero-order chi connectivity index (χ0) is 15.9. The van der Waals surface area contributed by atoms with E-state index in [1.54, 1.807) is 11.8 Å². The zero-order valence-corrected chi connectivity index (χ0v) is 14.9. The number of ether oxygens (including phenoxy) is 1. The van der Waals surface area contributed by atoms with Crippen molar-refractivity contribution in [2.24, 2.45) is 0 Å². The first-order valence-electron chi connectivity index (χ1n) is 8.57. The summed E-state index contributed by atoms with van der Waals surface area (Å²) in [5, 5.41) is -0.0320. The molecule has 0 bridgehead atoms. The van der Waals surface area contributed by atoms with E-state index in [4.69, 9.17) is 4.74 Å². The molecule has 0 radical (unpaired) electrons. The highest BCUT2D eigenvalue weighted by molar-refractivity contribution is 8.00. The van der Waals surface area contributed by atoms with Crippen molar-refractivity contribution in [3.63, 3.8) is 0 Å². The lowest BCUT2D eigenvalue weighted by molar-refractivity contribution is -0.143. The van der Waals surface area contributed by atoms with Crippen LogP contribution in [0.15, 0.2) is 0 Å². The summed E-state index contributed by atoms with van der Waals surface area (Å²) in [5.74, 6) is 0.865. The lowest BCUT2D eigenvalue weighted by Crippen LogP contribution is -2.21. The van der Waals surface area contributed by atoms with E-state index >= 15 is 0 Å². The van der Waals surface area contributed by atoms with Crippen molar-refractivity contribution in [1.29, 1.82) is 0 Å². The van der Waals surface area contributed by atoms with E-state index in [-0.39, 0.29) is 11.2 Å². The van der Waals surface area contributed by atoms with Gasteiger partial charge in [-0.1, -0.05) is 40.0 Å². The maximum Gasteiger partial charge on any atom is 0.319 e. The summed E-state index contributed by atoms with van der Waals surface area (Å²) in [6, 6.07) is 0. The predicted molar refractivity (Wildman–Crippen MR) is 90.7 cm³/mol. The van der Waals surface area contributed by atoms with Gasteiger partial charge in [-0.25, -0.2) is 4.39 Å². The van der Waals surface area contributed by atoms with Crippen LogP contribution in [0.4, 0.5) is 4.39 Å². The van der Waals surface area contributed by atoms with Gasteiger partial charge < -0.3 is 4.74 Å². The lowest BCUT2D eigenvalue weighted by atomic mass is 10.1. The molecule has 0 N–H and O–H groups in total. The molecule has 0 aliphatic rings. The van der Waals surface area contributed by atoms with E-state index in [1.165, 1.54) is 0 Å². The van der Waals surface area contributed by atoms with Gasteiger partial charge in [-0.05, 0) is 44.3 Å². The fraction of sp³-hybridized carbons (Fsp3) is 0.941. The number of carbonyl (C=O) groups excluding carboxylic acids is 1. The molecular formula is C17H33FO2S. The van der Waals surface area contributed by atoms with Gasteiger partial charge in [-0.3, -0.25) is 4.79 Å². The zero-order valence-electron chi connectivity index (χ0n) is 14.0. The molecule has 2 atom stereocenters. The maximum absolute atomic E-state index is 13.1. The Morgan fingerprint density at radius 1 is 1.05 bits per heavy atom. The van der Waals surface area contributed by atoms with Crippen LogP contribution in [0.25, 0.3) is 0 Å². The SMILES string of the molecule is CCCCCC(SCCCCC(F)CC)C(=O)OCCC. The first-order chi connectivity index (χ1) is 10.2. The molecule has 0 saturated heterocycles. The fourth-order valence-electron chi connectivity index (χ4n) is 2.04. The molecule has 0 rings (SSSR count). The average Bonchev–Trinajstić information content (AvgIpc) is 2.50. The third kappa shape index (κ3) is 12.0. The van der Waals surface area contributed by atoms with E-state index in [1.807, 2.05) is 13.8 Å². The highest BCUT2D eigenvalue weighted by Gasteiger charge is 2.19. The molecule has 0 saturated carbocycles. The summed E-state index contributed by atoms with van der Waals surface area (Å²) in [7, 11) is 0. The van der Waals surface area contributed by atoms with E-state index in [2.05, 4.69) is 6.92 Å². The third-order valence-corrected chi connectivity index (χ3v) is 4.81. The molecule has 0 amide bonds. The summed E-state index contributed by atoms with van der Waals surface area (Å²) in [5.41, 5.74) is 0. The number of esters is 1. The summed E-state index contributed by atoms with van der Waals surface area (Å²) >= 11 is 1.69. The molecule has 0 aliphatic heterocycles. The van der Waals surface area contributed by atoms with Crippen molar-refractivity contribution in [3.8, 4) is 0 Å². The highest BCUT2D eigenvalue weighted by Crippen LogP contribution is 2.22. The van der Waals surface area contributed by atoms with Crippen LogP contribution in [0.5, 0.6) is 0 Å². The van der Waals surface area contributed by atoms with Gasteiger partial charge >= 0.3 is 5.97 Å². The van der Waals surface area contributed by atoms with Crippen LogP contribution in [-0.4, -0.2) is 29.8 Å². The van der Waals surface area contributed by atoms with E-state index in [0.717, 1.165) is 50.7 Å². The molecule has 2 nitrogen and oxygen atoms in total. The average molecular weight is 321 g/mol. The van der Waals surface area contributed by atoms with Crippen molar-refractivity contribution in [2.45, 2.75) is 90.0 Å². The van der Waals surface area contributed by atoms with Crippen molar-refractivity contribution >= 4 is 17.7 Å². The molecule has 0 heterocycles. The Balaban J connectivity index is 3.94. The Morgan fingerprint density at radius 3 is 2.38 bits per heavy atom. The molecule has 0 aliphatic carbocycles. The van der Waals surface area contributed by atoms with Crippen LogP contribution < -0.4 is 0 Å². The molecule has 4 heteroatoms. The van der Waals surface area contributed by atoms with Gasteiger partial charge in [0.15, 0.2) is 0 Å². The van der Waals surface area contributed by atoms with Gasteiger partial charge in [0.05, 0.1) is 12.8 Å². The van der Waals surface area contributed by atoms with Gasteiger partial charge in [0, 0.05) is 0 Å². The summed E-state index contributed by atoms with van der Waals surface area (Å²) in [6.07, 6.45) is 7.67. The second-order valence-corrected chi connectivity index (χ2v) is 6.83. The Labute approximate surface area is 134 Å². The van der Waals surface area contributed by atoms with Crippen LogP contribution in [0.3, 0.4) is 0 Å². The number of thioether (sulfide) groups is 1. The minimum atomic E-state index is -0.662. The van der Waals surface area contributed by atoms with Crippen LogP contribution >= 0.6 is 11.8 Å². The second kappa shape index (κ2) is 14.7. The minimum Gasteiger partial charge on any atom is -0.465 e. The van der Waals surface area contributed by atoms with E-state index < -0.39 is 6.17 Å². The van der Waals surface area contributed by atoms with E-state index in [0.29, 0.717) is 19.4 Å². The summed E-state index contributed by atoms with van der Waals surface area (Å²) in [4.78, 5) is 12.0. The Kier molecular flexibility index (Phi) is 14.5. The number of unbranched alkanes of at least 4 members (excludes halogenated alkanes) is 3. The van der Waals surface area contributed by atoms with Crippen molar-refractivity contribution < 1.29 is 13.9 Å². The van der Waals surface area contributed by atoms with Gasteiger partial charge in [0.25, 0.3) is 0 Å². The number of rotatable bonds is 14. The number of carbonyl (C=O) groups is 1. The maximum atomic E-state index is 13.1. The van der Waals surface area contributed by atoms with Gasteiger partial charge in [0.2, 0.25) is 0 Å². The van der Waals surface area contributed by atoms with Gasteiger partial charge in [-0.15, -0.1) is 11.8 Å². The molecule has 0 aromatic heterocycles. The third-order valence-electron chi connectivity index (χ3n) is 3.45. The predicted octanol–water partition coefficient (Wildman–Crippen LogP) is 5.54. The van der Waals surface area contributed by atoms with Gasteiger partial charge in [-0.2, -0.15) is 0 Å². The Morgan fingerprint density at radius 2 is 1.76 bits per heavy atom. The standard InChI is InChI=1S/C17H33FO2S/c1-4-7-8-12-16(17(19)20-13-5-2)21-14-10-9-11-15(18)6-3/h15-16H,4-14H2,1-3H3. The number of hydrogen-bond donors (Lipinski definition) is 0.